The molecule has 0 saturated heterocycles. The van der Waals surface area contributed by atoms with Gasteiger partial charge in [-0.3, -0.25) is 0 Å². The largest absolute Gasteiger partial charge is 0.381 e. The second kappa shape index (κ2) is 6.33. The number of hydrogen-bond acceptors (Lipinski definition) is 1. The van der Waals surface area contributed by atoms with E-state index in [0.29, 0.717) is 6.04 Å². The zero-order valence-corrected chi connectivity index (χ0v) is 11.9. The first kappa shape index (κ1) is 12.8. The number of hydrogen-bond donors (Lipinski definition) is 1. The summed E-state index contributed by atoms with van der Waals surface area (Å²) in [5.41, 5.74) is 1.12. The Hall–Kier alpha value is -0.280. The topological polar surface area (TPSA) is 12.0 Å². The Morgan fingerprint density at radius 3 is 2.53 bits per heavy atom. The standard InChI is InChI=1S/C12H15Br2N/c1-3-4-6-9(2)15-12-10(13)7-5-8-11(12)14/h3,5,7-9,15H,1,4,6H2,2H3. The Labute approximate surface area is 108 Å². The van der Waals surface area contributed by atoms with E-state index in [9.17, 15) is 0 Å². The molecule has 0 spiro atoms. The molecule has 0 aliphatic carbocycles. The van der Waals surface area contributed by atoms with Gasteiger partial charge in [-0.2, -0.15) is 0 Å². The molecule has 1 rings (SSSR count). The van der Waals surface area contributed by atoms with Gasteiger partial charge in [-0.15, -0.1) is 6.58 Å². The van der Waals surface area contributed by atoms with Crippen molar-refractivity contribution in [3.8, 4) is 0 Å². The molecule has 1 unspecified atom stereocenters. The van der Waals surface area contributed by atoms with E-state index in [1.54, 1.807) is 0 Å². The van der Waals surface area contributed by atoms with E-state index in [1.165, 1.54) is 0 Å². The number of allylic oxidation sites excluding steroid dienone is 1. The summed E-state index contributed by atoms with van der Waals surface area (Å²) in [6.07, 6.45) is 4.08. The van der Waals surface area contributed by atoms with Crippen molar-refractivity contribution in [2.45, 2.75) is 25.8 Å². The van der Waals surface area contributed by atoms with Gasteiger partial charge in [0.1, 0.15) is 0 Å². The highest BCUT2D eigenvalue weighted by Crippen LogP contribution is 2.31. The second-order valence-electron chi connectivity index (χ2n) is 3.51. The van der Waals surface area contributed by atoms with E-state index in [-0.39, 0.29) is 0 Å². The Kier molecular flexibility index (Phi) is 5.40. The summed E-state index contributed by atoms with van der Waals surface area (Å²) in [6, 6.07) is 6.52. The van der Waals surface area contributed by atoms with Gasteiger partial charge >= 0.3 is 0 Å². The van der Waals surface area contributed by atoms with E-state index in [1.807, 2.05) is 24.3 Å². The zero-order valence-electron chi connectivity index (χ0n) is 8.76. The maximum atomic E-state index is 3.73. The van der Waals surface area contributed by atoms with Crippen molar-refractivity contribution in [1.29, 1.82) is 0 Å². The Morgan fingerprint density at radius 2 is 2.00 bits per heavy atom. The smallest absolute Gasteiger partial charge is 0.0631 e. The predicted octanol–water partition coefficient (Wildman–Crippen LogP) is 4.98. The van der Waals surface area contributed by atoms with Crippen molar-refractivity contribution < 1.29 is 0 Å². The molecule has 0 aromatic heterocycles. The van der Waals surface area contributed by atoms with Gasteiger partial charge in [0.15, 0.2) is 0 Å². The molecule has 82 valence electrons. The molecule has 3 heteroatoms. The molecular weight excluding hydrogens is 318 g/mol. The number of benzene rings is 1. The first-order valence-electron chi connectivity index (χ1n) is 4.96. The Morgan fingerprint density at radius 1 is 1.40 bits per heavy atom. The highest BCUT2D eigenvalue weighted by atomic mass is 79.9. The molecule has 1 aromatic rings. The van der Waals surface area contributed by atoms with Gasteiger partial charge in [0.25, 0.3) is 0 Å². The fourth-order valence-corrected chi connectivity index (χ4v) is 2.55. The van der Waals surface area contributed by atoms with Crippen molar-refractivity contribution >= 4 is 37.5 Å². The van der Waals surface area contributed by atoms with E-state index < -0.39 is 0 Å². The Balaban J connectivity index is 2.67. The van der Waals surface area contributed by atoms with Crippen molar-refractivity contribution in [2.75, 3.05) is 5.32 Å². The normalized spacial score (nSPS) is 12.2. The van der Waals surface area contributed by atoms with Crippen molar-refractivity contribution in [2.24, 2.45) is 0 Å². The molecule has 1 atom stereocenters. The molecule has 0 amide bonds. The number of rotatable bonds is 5. The highest BCUT2D eigenvalue weighted by molar-refractivity contribution is 9.11. The van der Waals surface area contributed by atoms with Gasteiger partial charge in [-0.25, -0.2) is 0 Å². The SMILES string of the molecule is C=CCCC(C)Nc1c(Br)cccc1Br. The lowest BCUT2D eigenvalue weighted by Crippen LogP contribution is -2.15. The van der Waals surface area contributed by atoms with Gasteiger partial charge in [0.2, 0.25) is 0 Å². The monoisotopic (exact) mass is 331 g/mol. The number of anilines is 1. The molecule has 0 fully saturated rings. The third kappa shape index (κ3) is 3.99. The van der Waals surface area contributed by atoms with Gasteiger partial charge in [0, 0.05) is 15.0 Å². The quantitative estimate of drug-likeness (QED) is 0.750. The summed E-state index contributed by atoms with van der Waals surface area (Å²) < 4.78 is 2.17. The van der Waals surface area contributed by atoms with Gasteiger partial charge in [-0.05, 0) is 63.8 Å². The molecular formula is C12H15Br2N. The van der Waals surface area contributed by atoms with Crippen LogP contribution >= 0.6 is 31.9 Å². The van der Waals surface area contributed by atoms with Crippen molar-refractivity contribution in [1.82, 2.24) is 0 Å². The fourth-order valence-electron chi connectivity index (χ4n) is 1.32. The van der Waals surface area contributed by atoms with Crippen molar-refractivity contribution in [3.05, 3.63) is 39.8 Å². The molecule has 0 aliphatic rings. The van der Waals surface area contributed by atoms with Crippen LogP contribution in [0.5, 0.6) is 0 Å². The van der Waals surface area contributed by atoms with Crippen LogP contribution in [0.1, 0.15) is 19.8 Å². The number of halogens is 2. The van der Waals surface area contributed by atoms with Crippen LogP contribution in [0, 0.1) is 0 Å². The minimum Gasteiger partial charge on any atom is -0.381 e. The average Bonchev–Trinajstić information content (AvgIpc) is 2.21. The highest BCUT2D eigenvalue weighted by Gasteiger charge is 2.07. The van der Waals surface area contributed by atoms with Gasteiger partial charge < -0.3 is 5.32 Å². The van der Waals surface area contributed by atoms with Crippen LogP contribution < -0.4 is 5.32 Å². The lowest BCUT2D eigenvalue weighted by atomic mass is 10.1. The van der Waals surface area contributed by atoms with E-state index in [2.05, 4.69) is 50.7 Å². The minimum atomic E-state index is 0.443. The van der Waals surface area contributed by atoms with Crippen molar-refractivity contribution in [3.63, 3.8) is 0 Å². The van der Waals surface area contributed by atoms with E-state index >= 15 is 0 Å². The summed E-state index contributed by atoms with van der Waals surface area (Å²) in [6.45, 7) is 5.90. The van der Waals surface area contributed by atoms with Crippen LogP contribution in [0.25, 0.3) is 0 Å². The van der Waals surface area contributed by atoms with Crippen LogP contribution in [-0.2, 0) is 0 Å². The van der Waals surface area contributed by atoms with Gasteiger partial charge in [0.05, 0.1) is 5.69 Å². The minimum absolute atomic E-state index is 0.443. The molecule has 1 N–H and O–H groups in total. The summed E-state index contributed by atoms with van der Waals surface area (Å²) in [4.78, 5) is 0. The Bertz CT molecular complexity index is 316. The van der Waals surface area contributed by atoms with Crippen LogP contribution in [0.2, 0.25) is 0 Å². The molecule has 1 nitrogen and oxygen atoms in total. The first-order valence-corrected chi connectivity index (χ1v) is 6.55. The third-order valence-electron chi connectivity index (χ3n) is 2.16. The molecule has 15 heavy (non-hydrogen) atoms. The first-order chi connectivity index (χ1) is 7.15. The van der Waals surface area contributed by atoms with Crippen LogP contribution in [-0.4, -0.2) is 6.04 Å². The van der Waals surface area contributed by atoms with Gasteiger partial charge in [-0.1, -0.05) is 12.1 Å². The summed E-state index contributed by atoms with van der Waals surface area (Å²) in [5.74, 6) is 0. The maximum absolute atomic E-state index is 3.73. The average molecular weight is 333 g/mol. The predicted molar refractivity (Wildman–Crippen MR) is 74.4 cm³/mol. The maximum Gasteiger partial charge on any atom is 0.0631 e. The molecule has 0 aliphatic heterocycles. The van der Waals surface area contributed by atoms with Crippen LogP contribution in [0.4, 0.5) is 5.69 Å². The molecule has 0 radical (unpaired) electrons. The zero-order chi connectivity index (χ0) is 11.3. The number of para-hydroxylation sites is 1. The summed E-state index contributed by atoms with van der Waals surface area (Å²) in [7, 11) is 0. The number of nitrogens with one attached hydrogen (secondary N) is 1. The van der Waals surface area contributed by atoms with E-state index in [0.717, 1.165) is 27.5 Å². The lowest BCUT2D eigenvalue weighted by molar-refractivity contribution is 0.718. The third-order valence-corrected chi connectivity index (χ3v) is 3.48. The molecule has 1 aromatic carbocycles. The summed E-state index contributed by atoms with van der Waals surface area (Å²) >= 11 is 7.06. The van der Waals surface area contributed by atoms with Crippen LogP contribution in [0.3, 0.4) is 0 Å². The summed E-state index contributed by atoms with van der Waals surface area (Å²) in [5, 5.41) is 3.47. The molecule has 0 saturated carbocycles. The fraction of sp³-hybridized carbons (Fsp3) is 0.333. The van der Waals surface area contributed by atoms with Crippen LogP contribution in [0.15, 0.2) is 39.8 Å². The molecule has 0 heterocycles. The second-order valence-corrected chi connectivity index (χ2v) is 5.22. The van der Waals surface area contributed by atoms with E-state index in [4.69, 9.17) is 0 Å². The lowest BCUT2D eigenvalue weighted by Gasteiger charge is -2.17. The molecule has 0 bridgehead atoms.